The van der Waals surface area contributed by atoms with Gasteiger partial charge in [0, 0.05) is 11.3 Å². The van der Waals surface area contributed by atoms with Crippen molar-refractivity contribution in [1.29, 1.82) is 0 Å². The number of urea groups is 1. The lowest BCUT2D eigenvalue weighted by Gasteiger charge is -2.09. The van der Waals surface area contributed by atoms with Gasteiger partial charge in [-0.05, 0) is 48.4 Å². The minimum Gasteiger partial charge on any atom is -0.488 e. The lowest BCUT2D eigenvalue weighted by molar-refractivity contribution is 0.0697. The highest BCUT2D eigenvalue weighted by Gasteiger charge is 2.05. The van der Waals surface area contributed by atoms with Gasteiger partial charge in [-0.2, -0.15) is 5.10 Å². The molecule has 3 rings (SSSR count). The average molecular weight is 403 g/mol. The van der Waals surface area contributed by atoms with Crippen LogP contribution in [-0.4, -0.2) is 23.3 Å². The van der Waals surface area contributed by atoms with E-state index in [2.05, 4.69) is 15.8 Å². The van der Waals surface area contributed by atoms with E-state index in [0.717, 1.165) is 11.1 Å². The highest BCUT2D eigenvalue weighted by atomic mass is 16.5. The predicted octanol–water partition coefficient (Wildman–Crippen LogP) is 4.43. The molecule has 0 atom stereocenters. The van der Waals surface area contributed by atoms with Gasteiger partial charge in [-0.1, -0.05) is 42.5 Å². The highest BCUT2D eigenvalue weighted by molar-refractivity contribution is 5.91. The maximum Gasteiger partial charge on any atom is 0.339 e. The molecule has 30 heavy (non-hydrogen) atoms. The third-order valence-corrected chi connectivity index (χ3v) is 4.28. The summed E-state index contributed by atoms with van der Waals surface area (Å²) >= 11 is 0. The molecule has 0 radical (unpaired) electrons. The van der Waals surface area contributed by atoms with Crippen LogP contribution in [0.25, 0.3) is 0 Å². The van der Waals surface area contributed by atoms with E-state index < -0.39 is 12.0 Å². The number of anilines is 1. The number of hydrazone groups is 1. The van der Waals surface area contributed by atoms with E-state index in [1.54, 1.807) is 18.2 Å². The Morgan fingerprint density at radius 2 is 1.70 bits per heavy atom. The lowest BCUT2D eigenvalue weighted by Crippen LogP contribution is -2.24. The van der Waals surface area contributed by atoms with Crippen LogP contribution >= 0.6 is 0 Å². The van der Waals surface area contributed by atoms with E-state index in [0.29, 0.717) is 17.0 Å². The fourth-order valence-electron chi connectivity index (χ4n) is 2.65. The number of rotatable bonds is 7. The Kier molecular flexibility index (Phi) is 6.78. The topological polar surface area (TPSA) is 100 Å². The van der Waals surface area contributed by atoms with Crippen LogP contribution in [0.15, 0.2) is 77.9 Å². The maximum atomic E-state index is 12.0. The van der Waals surface area contributed by atoms with Crippen molar-refractivity contribution in [2.45, 2.75) is 13.5 Å². The summed E-state index contributed by atoms with van der Waals surface area (Å²) in [6, 6.07) is 20.8. The average Bonchev–Trinajstić information content (AvgIpc) is 2.75. The van der Waals surface area contributed by atoms with Gasteiger partial charge in [-0.3, -0.25) is 0 Å². The largest absolute Gasteiger partial charge is 0.488 e. The summed E-state index contributed by atoms with van der Waals surface area (Å²) in [6.07, 6.45) is 1.50. The molecular weight excluding hydrogens is 382 g/mol. The second-order valence-corrected chi connectivity index (χ2v) is 6.47. The Bertz CT molecular complexity index is 1060. The number of hydrogen-bond acceptors (Lipinski definition) is 4. The number of aromatic carboxylic acids is 1. The molecule has 0 unspecified atom stereocenters. The fraction of sp³-hybridized carbons (Fsp3) is 0.0870. The summed E-state index contributed by atoms with van der Waals surface area (Å²) in [4.78, 5) is 22.9. The number of amides is 2. The van der Waals surface area contributed by atoms with Crippen LogP contribution in [0.2, 0.25) is 0 Å². The standard InChI is InChI=1S/C23H21N3O4/c1-16-6-2-4-8-20(16)25-23(29)26-24-14-19-7-3-5-9-21(19)30-15-17-10-12-18(13-11-17)22(27)28/h2-14H,15H2,1H3,(H,27,28)(H2,25,26,29). The van der Waals surface area contributed by atoms with Gasteiger partial charge in [-0.15, -0.1) is 0 Å². The van der Waals surface area contributed by atoms with Crippen LogP contribution < -0.4 is 15.5 Å². The molecule has 0 saturated carbocycles. The number of carboxylic acid groups (broad SMARTS) is 1. The second-order valence-electron chi connectivity index (χ2n) is 6.47. The van der Waals surface area contributed by atoms with Gasteiger partial charge in [0.15, 0.2) is 0 Å². The Labute approximate surface area is 174 Å². The summed E-state index contributed by atoms with van der Waals surface area (Å²) in [5.41, 5.74) is 5.84. The zero-order valence-electron chi connectivity index (χ0n) is 16.3. The van der Waals surface area contributed by atoms with Gasteiger partial charge < -0.3 is 15.2 Å². The SMILES string of the molecule is Cc1ccccc1NC(=O)NN=Cc1ccccc1OCc1ccc(C(=O)O)cc1. The number of carbonyl (C=O) groups is 2. The van der Waals surface area contributed by atoms with E-state index in [-0.39, 0.29) is 12.2 Å². The smallest absolute Gasteiger partial charge is 0.339 e. The van der Waals surface area contributed by atoms with Crippen molar-refractivity contribution in [1.82, 2.24) is 5.43 Å². The highest BCUT2D eigenvalue weighted by Crippen LogP contribution is 2.18. The van der Waals surface area contributed by atoms with Crippen molar-refractivity contribution in [2.75, 3.05) is 5.32 Å². The molecule has 7 nitrogen and oxygen atoms in total. The van der Waals surface area contributed by atoms with Crippen LogP contribution in [0, 0.1) is 6.92 Å². The Hall–Kier alpha value is -4.13. The number of carboxylic acids is 1. The van der Waals surface area contributed by atoms with Crippen molar-refractivity contribution < 1.29 is 19.4 Å². The first-order valence-electron chi connectivity index (χ1n) is 9.22. The van der Waals surface area contributed by atoms with Gasteiger partial charge in [0.2, 0.25) is 0 Å². The molecular formula is C23H21N3O4. The minimum absolute atomic E-state index is 0.223. The summed E-state index contributed by atoms with van der Waals surface area (Å²) in [7, 11) is 0. The molecule has 0 spiro atoms. The monoisotopic (exact) mass is 403 g/mol. The lowest BCUT2D eigenvalue weighted by atomic mass is 10.1. The first-order chi connectivity index (χ1) is 14.5. The number of nitrogens with one attached hydrogen (secondary N) is 2. The molecule has 0 aromatic heterocycles. The molecule has 0 saturated heterocycles. The number of hydrogen-bond donors (Lipinski definition) is 3. The Morgan fingerprint density at radius 3 is 2.43 bits per heavy atom. The van der Waals surface area contributed by atoms with Crippen molar-refractivity contribution in [3.63, 3.8) is 0 Å². The van der Waals surface area contributed by atoms with Crippen molar-refractivity contribution >= 4 is 23.9 Å². The summed E-state index contributed by atoms with van der Waals surface area (Å²) in [6.45, 7) is 2.17. The molecule has 3 aromatic rings. The number of nitrogens with zero attached hydrogens (tertiary/aromatic N) is 1. The minimum atomic E-state index is -0.969. The summed E-state index contributed by atoms with van der Waals surface area (Å²) in [5, 5.41) is 15.7. The van der Waals surface area contributed by atoms with Crippen LogP contribution in [0.3, 0.4) is 0 Å². The maximum absolute atomic E-state index is 12.0. The van der Waals surface area contributed by atoms with E-state index >= 15 is 0 Å². The summed E-state index contributed by atoms with van der Waals surface area (Å²) < 4.78 is 5.83. The first kappa shape index (κ1) is 20.6. The molecule has 0 aliphatic heterocycles. The quantitative estimate of drug-likeness (QED) is 0.401. The molecule has 2 amide bonds. The normalized spacial score (nSPS) is 10.6. The molecule has 0 aliphatic rings. The van der Waals surface area contributed by atoms with Gasteiger partial charge >= 0.3 is 12.0 Å². The fourth-order valence-corrected chi connectivity index (χ4v) is 2.65. The third-order valence-electron chi connectivity index (χ3n) is 4.28. The molecule has 152 valence electrons. The van der Waals surface area contributed by atoms with E-state index in [4.69, 9.17) is 9.84 Å². The third kappa shape index (κ3) is 5.68. The molecule has 0 bridgehead atoms. The van der Waals surface area contributed by atoms with Crippen LogP contribution in [0.1, 0.15) is 27.0 Å². The summed E-state index contributed by atoms with van der Waals surface area (Å²) in [5.74, 6) is -0.382. The van der Waals surface area contributed by atoms with Crippen molar-refractivity contribution in [2.24, 2.45) is 5.10 Å². The zero-order chi connectivity index (χ0) is 21.3. The number of ether oxygens (including phenoxy) is 1. The number of carbonyl (C=O) groups excluding carboxylic acids is 1. The molecule has 7 heteroatoms. The number of para-hydroxylation sites is 2. The van der Waals surface area contributed by atoms with E-state index in [1.807, 2.05) is 49.4 Å². The molecule has 3 aromatic carbocycles. The van der Waals surface area contributed by atoms with E-state index in [9.17, 15) is 9.59 Å². The van der Waals surface area contributed by atoms with Gasteiger partial charge in [-0.25, -0.2) is 15.0 Å². The molecule has 3 N–H and O–H groups in total. The Morgan fingerprint density at radius 1 is 1.00 bits per heavy atom. The van der Waals surface area contributed by atoms with Gasteiger partial charge in [0.1, 0.15) is 12.4 Å². The molecule has 0 heterocycles. The molecule has 0 aliphatic carbocycles. The number of aryl methyl sites for hydroxylation is 1. The van der Waals surface area contributed by atoms with Crippen molar-refractivity contribution in [3.05, 3.63) is 95.1 Å². The first-order valence-corrected chi connectivity index (χ1v) is 9.22. The predicted molar refractivity (Wildman–Crippen MR) is 115 cm³/mol. The van der Waals surface area contributed by atoms with E-state index in [1.165, 1.54) is 18.3 Å². The van der Waals surface area contributed by atoms with Crippen molar-refractivity contribution in [3.8, 4) is 5.75 Å². The Balaban J connectivity index is 1.58. The van der Waals surface area contributed by atoms with Crippen LogP contribution in [0.4, 0.5) is 10.5 Å². The van der Waals surface area contributed by atoms with Gasteiger partial charge in [0.05, 0.1) is 11.8 Å². The number of benzene rings is 3. The van der Waals surface area contributed by atoms with Gasteiger partial charge in [0.25, 0.3) is 0 Å². The van der Waals surface area contributed by atoms with Crippen LogP contribution in [0.5, 0.6) is 5.75 Å². The zero-order valence-corrected chi connectivity index (χ0v) is 16.3. The second kappa shape index (κ2) is 9.88. The molecule has 0 fully saturated rings. The van der Waals surface area contributed by atoms with Crippen LogP contribution in [-0.2, 0) is 6.61 Å².